The van der Waals surface area contributed by atoms with Crippen LogP contribution in [0, 0.1) is 6.92 Å². The van der Waals surface area contributed by atoms with E-state index >= 15 is 0 Å². The SMILES string of the molecule is COC(=O)c1cc(C(=O)OC)cc(S(=O)(=O)Nc2ccc(Br)cc2C)c1. The standard InChI is InChI=1S/C17H16BrNO6S/c1-10-6-13(18)4-5-15(10)19-26(22,23)14-8-11(16(20)24-2)7-12(9-14)17(21)25-3/h4-9,19H,1-3H3. The maximum atomic E-state index is 12.7. The van der Waals surface area contributed by atoms with Crippen LogP contribution in [0.3, 0.4) is 0 Å². The van der Waals surface area contributed by atoms with Gasteiger partial charge in [0.1, 0.15) is 0 Å². The molecular formula is C17H16BrNO6S. The molecule has 7 nitrogen and oxygen atoms in total. The number of methoxy groups -OCH3 is 2. The van der Waals surface area contributed by atoms with Gasteiger partial charge in [-0.25, -0.2) is 18.0 Å². The van der Waals surface area contributed by atoms with E-state index in [9.17, 15) is 18.0 Å². The predicted molar refractivity (Wildman–Crippen MR) is 98.8 cm³/mol. The van der Waals surface area contributed by atoms with Crippen molar-refractivity contribution in [1.29, 1.82) is 0 Å². The maximum absolute atomic E-state index is 12.7. The molecule has 0 fully saturated rings. The van der Waals surface area contributed by atoms with Crippen molar-refractivity contribution in [3.8, 4) is 0 Å². The number of aryl methyl sites for hydroxylation is 1. The molecule has 0 saturated heterocycles. The number of nitrogens with one attached hydrogen (secondary N) is 1. The number of hydrogen-bond acceptors (Lipinski definition) is 6. The van der Waals surface area contributed by atoms with E-state index < -0.39 is 22.0 Å². The number of benzene rings is 2. The van der Waals surface area contributed by atoms with E-state index in [1.54, 1.807) is 25.1 Å². The van der Waals surface area contributed by atoms with Crippen LogP contribution in [0.25, 0.3) is 0 Å². The highest BCUT2D eigenvalue weighted by Crippen LogP contribution is 2.24. The number of sulfonamides is 1. The van der Waals surface area contributed by atoms with Gasteiger partial charge in [0.25, 0.3) is 10.0 Å². The third kappa shape index (κ3) is 4.41. The average molecular weight is 442 g/mol. The normalized spacial score (nSPS) is 10.9. The molecule has 9 heteroatoms. The zero-order valence-corrected chi connectivity index (χ0v) is 16.6. The minimum atomic E-state index is -4.06. The Morgan fingerprint density at radius 2 is 1.50 bits per heavy atom. The van der Waals surface area contributed by atoms with E-state index in [0.29, 0.717) is 11.3 Å². The van der Waals surface area contributed by atoms with Gasteiger partial charge in [-0.3, -0.25) is 4.72 Å². The molecule has 0 saturated carbocycles. The van der Waals surface area contributed by atoms with E-state index in [2.05, 4.69) is 30.1 Å². The Morgan fingerprint density at radius 3 is 1.96 bits per heavy atom. The van der Waals surface area contributed by atoms with Gasteiger partial charge in [0.05, 0.1) is 35.9 Å². The molecule has 0 aromatic heterocycles. The molecule has 0 aliphatic rings. The molecule has 2 rings (SSSR count). The van der Waals surface area contributed by atoms with Gasteiger partial charge in [-0.1, -0.05) is 15.9 Å². The van der Waals surface area contributed by atoms with Crippen LogP contribution < -0.4 is 4.72 Å². The van der Waals surface area contributed by atoms with Crippen molar-refractivity contribution in [2.75, 3.05) is 18.9 Å². The van der Waals surface area contributed by atoms with Crippen molar-refractivity contribution in [3.05, 3.63) is 57.6 Å². The third-order valence-electron chi connectivity index (χ3n) is 3.49. The summed E-state index contributed by atoms with van der Waals surface area (Å²) in [5.41, 5.74) is 0.906. The van der Waals surface area contributed by atoms with Crippen molar-refractivity contribution >= 4 is 43.6 Å². The van der Waals surface area contributed by atoms with Crippen LogP contribution in [0.4, 0.5) is 5.69 Å². The first-order valence-electron chi connectivity index (χ1n) is 7.28. The number of halogens is 1. The Morgan fingerprint density at radius 1 is 0.962 bits per heavy atom. The second kappa shape index (κ2) is 7.88. The highest BCUT2D eigenvalue weighted by Gasteiger charge is 2.21. The molecule has 26 heavy (non-hydrogen) atoms. The van der Waals surface area contributed by atoms with Gasteiger partial charge in [-0.05, 0) is 48.9 Å². The number of rotatable bonds is 5. The molecule has 1 N–H and O–H groups in total. The lowest BCUT2D eigenvalue weighted by Crippen LogP contribution is -2.16. The van der Waals surface area contributed by atoms with Crippen molar-refractivity contribution in [1.82, 2.24) is 0 Å². The van der Waals surface area contributed by atoms with Crippen LogP contribution in [-0.4, -0.2) is 34.6 Å². The van der Waals surface area contributed by atoms with Gasteiger partial charge in [0.2, 0.25) is 0 Å². The first kappa shape index (κ1) is 19.9. The summed E-state index contributed by atoms with van der Waals surface area (Å²) in [6, 6.07) is 8.52. The quantitative estimate of drug-likeness (QED) is 0.715. The Balaban J connectivity index is 2.53. The van der Waals surface area contributed by atoms with Crippen LogP contribution in [0.15, 0.2) is 45.8 Å². The molecule has 0 aliphatic carbocycles. The van der Waals surface area contributed by atoms with Crippen LogP contribution in [0.2, 0.25) is 0 Å². The monoisotopic (exact) mass is 441 g/mol. The number of carbonyl (C=O) groups excluding carboxylic acids is 2. The highest BCUT2D eigenvalue weighted by atomic mass is 79.9. The fraction of sp³-hybridized carbons (Fsp3) is 0.176. The Bertz CT molecular complexity index is 937. The molecule has 2 aromatic rings. The molecule has 0 aliphatic heterocycles. The molecule has 0 amide bonds. The number of esters is 2. The van der Waals surface area contributed by atoms with Gasteiger partial charge in [0, 0.05) is 4.47 Å². The topological polar surface area (TPSA) is 98.8 Å². The molecule has 138 valence electrons. The summed E-state index contributed by atoms with van der Waals surface area (Å²) in [7, 11) is -1.74. The molecule has 0 spiro atoms. The fourth-order valence-electron chi connectivity index (χ4n) is 2.17. The predicted octanol–water partition coefficient (Wildman–Crippen LogP) is 3.13. The molecule has 0 atom stereocenters. The van der Waals surface area contributed by atoms with E-state index in [4.69, 9.17) is 0 Å². The molecule has 2 aromatic carbocycles. The maximum Gasteiger partial charge on any atom is 0.337 e. The summed E-state index contributed by atoms with van der Waals surface area (Å²) in [5.74, 6) is -1.54. The second-order valence-electron chi connectivity index (χ2n) is 5.29. The minimum absolute atomic E-state index is 0.0803. The lowest BCUT2D eigenvalue weighted by Gasteiger charge is -2.13. The van der Waals surface area contributed by atoms with Crippen LogP contribution in [0.5, 0.6) is 0 Å². The largest absolute Gasteiger partial charge is 0.465 e. The zero-order chi connectivity index (χ0) is 19.5. The fourth-order valence-corrected chi connectivity index (χ4v) is 3.85. The van der Waals surface area contributed by atoms with E-state index in [0.717, 1.165) is 30.8 Å². The Labute approximate surface area is 159 Å². The second-order valence-corrected chi connectivity index (χ2v) is 7.89. The molecule has 0 heterocycles. The van der Waals surface area contributed by atoms with Crippen LogP contribution in [-0.2, 0) is 19.5 Å². The van der Waals surface area contributed by atoms with E-state index in [1.807, 2.05) is 0 Å². The van der Waals surface area contributed by atoms with Crippen molar-refractivity contribution in [3.63, 3.8) is 0 Å². The van der Waals surface area contributed by atoms with E-state index in [1.165, 1.54) is 6.07 Å². The summed E-state index contributed by atoms with van der Waals surface area (Å²) in [5, 5.41) is 0. The molecule has 0 bridgehead atoms. The summed E-state index contributed by atoms with van der Waals surface area (Å²) >= 11 is 3.31. The summed E-state index contributed by atoms with van der Waals surface area (Å²) in [6.07, 6.45) is 0. The lowest BCUT2D eigenvalue weighted by atomic mass is 10.1. The number of ether oxygens (including phenoxy) is 2. The zero-order valence-electron chi connectivity index (χ0n) is 14.2. The number of hydrogen-bond donors (Lipinski definition) is 1. The minimum Gasteiger partial charge on any atom is -0.465 e. The lowest BCUT2D eigenvalue weighted by molar-refractivity contribution is 0.0598. The average Bonchev–Trinajstić information content (AvgIpc) is 2.62. The van der Waals surface area contributed by atoms with Gasteiger partial charge in [0.15, 0.2) is 0 Å². The van der Waals surface area contributed by atoms with Crippen molar-refractivity contribution in [2.45, 2.75) is 11.8 Å². The Kier molecular flexibility index (Phi) is 6.04. The number of carbonyl (C=O) groups is 2. The first-order valence-corrected chi connectivity index (χ1v) is 9.56. The number of anilines is 1. The summed E-state index contributed by atoms with van der Waals surface area (Å²) < 4.78 is 37.9. The first-order chi connectivity index (χ1) is 12.2. The van der Waals surface area contributed by atoms with Gasteiger partial charge >= 0.3 is 11.9 Å². The van der Waals surface area contributed by atoms with Crippen LogP contribution in [0.1, 0.15) is 26.3 Å². The molecular weight excluding hydrogens is 426 g/mol. The highest BCUT2D eigenvalue weighted by molar-refractivity contribution is 9.10. The third-order valence-corrected chi connectivity index (χ3v) is 5.33. The van der Waals surface area contributed by atoms with Crippen molar-refractivity contribution in [2.24, 2.45) is 0 Å². The smallest absolute Gasteiger partial charge is 0.337 e. The van der Waals surface area contributed by atoms with Gasteiger partial charge < -0.3 is 9.47 Å². The van der Waals surface area contributed by atoms with E-state index in [-0.39, 0.29) is 16.0 Å². The van der Waals surface area contributed by atoms with Crippen molar-refractivity contribution < 1.29 is 27.5 Å². The summed E-state index contributed by atoms with van der Waals surface area (Å²) in [4.78, 5) is 23.4. The van der Waals surface area contributed by atoms with Gasteiger partial charge in [-0.15, -0.1) is 0 Å². The van der Waals surface area contributed by atoms with Crippen LogP contribution >= 0.6 is 15.9 Å². The summed E-state index contributed by atoms with van der Waals surface area (Å²) in [6.45, 7) is 1.74. The molecule has 0 unspecified atom stereocenters. The van der Waals surface area contributed by atoms with Gasteiger partial charge in [-0.2, -0.15) is 0 Å². The molecule has 0 radical (unpaired) electrons. The Hall–Kier alpha value is -2.39.